The van der Waals surface area contributed by atoms with E-state index in [1.165, 1.54) is 5.56 Å². The Kier molecular flexibility index (Phi) is 6.53. The van der Waals surface area contributed by atoms with Crippen LogP contribution in [-0.4, -0.2) is 24.9 Å². The van der Waals surface area contributed by atoms with Gasteiger partial charge in [-0.15, -0.1) is 0 Å². The first-order chi connectivity index (χ1) is 13.2. The lowest BCUT2D eigenvalue weighted by molar-refractivity contribution is -0.920. The summed E-state index contributed by atoms with van der Waals surface area (Å²) in [6, 6.07) is 20.7. The normalized spacial score (nSPS) is 27.6. The Morgan fingerprint density at radius 1 is 0.929 bits per heavy atom. The largest absolute Gasteiger partial charge is 1.00 e. The fourth-order valence-corrected chi connectivity index (χ4v) is 4.94. The van der Waals surface area contributed by atoms with Crippen molar-refractivity contribution in [3.05, 3.63) is 71.8 Å². The first-order valence-electron chi connectivity index (χ1n) is 9.96. The summed E-state index contributed by atoms with van der Waals surface area (Å²) in [5.74, 6) is 0.0488. The van der Waals surface area contributed by atoms with Gasteiger partial charge in [0.25, 0.3) is 0 Å². The second-order valence-electron chi connectivity index (χ2n) is 7.90. The van der Waals surface area contributed by atoms with Gasteiger partial charge in [0.05, 0.1) is 18.5 Å². The van der Waals surface area contributed by atoms with Crippen molar-refractivity contribution >= 4 is 11.8 Å². The van der Waals surface area contributed by atoms with Gasteiger partial charge in [-0.05, 0) is 17.9 Å². The van der Waals surface area contributed by atoms with Crippen molar-refractivity contribution in [2.45, 2.75) is 37.6 Å². The lowest BCUT2D eigenvalue weighted by Crippen LogP contribution is -3.12. The topological polar surface area (TPSA) is 50.6 Å². The zero-order chi connectivity index (χ0) is 18.7. The Bertz CT molecular complexity index is 804. The van der Waals surface area contributed by atoms with E-state index in [-0.39, 0.29) is 30.1 Å². The Morgan fingerprint density at radius 2 is 1.54 bits per heavy atom. The number of carbonyl (C=O) groups excluding carboxylic acids is 2. The van der Waals surface area contributed by atoms with Gasteiger partial charge in [-0.25, -0.2) is 0 Å². The molecular formula is C23H27ClN2O2. The van der Waals surface area contributed by atoms with Crippen LogP contribution in [0.2, 0.25) is 0 Å². The average Bonchev–Trinajstić information content (AvgIpc) is 2.71. The molecule has 2 aliphatic rings. The van der Waals surface area contributed by atoms with Crippen LogP contribution >= 0.6 is 0 Å². The zero-order valence-electron chi connectivity index (χ0n) is 16.0. The molecule has 2 N–H and O–H groups in total. The average molecular weight is 399 g/mol. The number of imide groups is 1. The van der Waals surface area contributed by atoms with E-state index >= 15 is 0 Å². The summed E-state index contributed by atoms with van der Waals surface area (Å²) in [7, 11) is 0. The van der Waals surface area contributed by atoms with Gasteiger partial charge in [-0.3, -0.25) is 14.9 Å². The van der Waals surface area contributed by atoms with Crippen molar-refractivity contribution in [2.24, 2.45) is 5.92 Å². The molecule has 2 fully saturated rings. The zero-order valence-corrected chi connectivity index (χ0v) is 16.8. The molecule has 2 aliphatic heterocycles. The van der Waals surface area contributed by atoms with Crippen LogP contribution in [0, 0.1) is 5.92 Å². The summed E-state index contributed by atoms with van der Waals surface area (Å²) < 4.78 is 0. The van der Waals surface area contributed by atoms with E-state index in [2.05, 4.69) is 47.8 Å². The van der Waals surface area contributed by atoms with Gasteiger partial charge in [0, 0.05) is 24.8 Å². The van der Waals surface area contributed by atoms with Crippen molar-refractivity contribution in [2.75, 3.05) is 13.1 Å². The highest BCUT2D eigenvalue weighted by Gasteiger charge is 2.50. The number of hydrogen-bond donors (Lipinski definition) is 2. The second kappa shape index (κ2) is 8.89. The maximum Gasteiger partial charge on any atom is 0.237 e. The van der Waals surface area contributed by atoms with Gasteiger partial charge in [-0.2, -0.15) is 0 Å². The van der Waals surface area contributed by atoms with Crippen LogP contribution in [0.3, 0.4) is 0 Å². The van der Waals surface area contributed by atoms with Gasteiger partial charge in [-0.1, -0.05) is 60.7 Å². The minimum absolute atomic E-state index is 0. The fraction of sp³-hybridized carbons (Fsp3) is 0.391. The SMILES string of the molecule is O=C1CC[C@@](c2ccccc2)(C2CC[NH+](Cc3ccccc3)CC2)C(=O)N1.[Cl-]. The van der Waals surface area contributed by atoms with Crippen molar-refractivity contribution in [3.63, 3.8) is 0 Å². The third-order valence-electron chi connectivity index (χ3n) is 6.38. The van der Waals surface area contributed by atoms with Crippen molar-refractivity contribution in [1.82, 2.24) is 5.32 Å². The first kappa shape index (κ1) is 20.6. The summed E-state index contributed by atoms with van der Waals surface area (Å²) >= 11 is 0. The van der Waals surface area contributed by atoms with Crippen LogP contribution in [0.1, 0.15) is 36.8 Å². The molecular weight excluding hydrogens is 372 g/mol. The molecule has 1 atom stereocenters. The van der Waals surface area contributed by atoms with Crippen LogP contribution in [0.4, 0.5) is 0 Å². The number of benzene rings is 2. The number of quaternary nitrogens is 1. The molecule has 0 aliphatic carbocycles. The molecule has 0 unspecified atom stereocenters. The molecule has 148 valence electrons. The third kappa shape index (κ3) is 3.98. The molecule has 2 amide bonds. The summed E-state index contributed by atoms with van der Waals surface area (Å²) in [5.41, 5.74) is 1.87. The summed E-state index contributed by atoms with van der Waals surface area (Å²) in [4.78, 5) is 26.4. The summed E-state index contributed by atoms with van der Waals surface area (Å²) in [5, 5.41) is 2.63. The van der Waals surface area contributed by atoms with Crippen LogP contribution in [0.25, 0.3) is 0 Å². The molecule has 5 heteroatoms. The number of amides is 2. The fourth-order valence-electron chi connectivity index (χ4n) is 4.94. The van der Waals surface area contributed by atoms with Crippen LogP contribution < -0.4 is 22.6 Å². The summed E-state index contributed by atoms with van der Waals surface area (Å²) in [6.07, 6.45) is 3.08. The molecule has 2 saturated heterocycles. The van der Waals surface area contributed by atoms with Gasteiger partial charge in [0.15, 0.2) is 0 Å². The van der Waals surface area contributed by atoms with Crippen molar-refractivity contribution in [3.8, 4) is 0 Å². The van der Waals surface area contributed by atoms with E-state index in [9.17, 15) is 9.59 Å². The maximum atomic E-state index is 13.1. The Labute approximate surface area is 172 Å². The van der Waals surface area contributed by atoms with Gasteiger partial charge < -0.3 is 17.3 Å². The maximum absolute atomic E-state index is 13.1. The number of hydrogen-bond acceptors (Lipinski definition) is 2. The van der Waals surface area contributed by atoms with E-state index in [1.807, 2.05) is 18.2 Å². The molecule has 4 nitrogen and oxygen atoms in total. The smallest absolute Gasteiger partial charge is 0.237 e. The quantitative estimate of drug-likeness (QED) is 0.640. The van der Waals surface area contributed by atoms with E-state index in [1.54, 1.807) is 4.90 Å². The highest BCUT2D eigenvalue weighted by atomic mass is 35.5. The first-order valence-corrected chi connectivity index (χ1v) is 9.96. The highest BCUT2D eigenvalue weighted by molar-refractivity contribution is 6.03. The summed E-state index contributed by atoms with van der Waals surface area (Å²) in [6.45, 7) is 3.17. The standard InChI is InChI=1S/C23H26N2O2.ClH/c26-21-11-14-23(22(27)24-21,19-9-5-2-6-10-19)20-12-15-25(16-13-20)17-18-7-3-1-4-8-18;/h1-10,20H,11-17H2,(H,24,26,27);1H/t23-;/m1./s1. The van der Waals surface area contributed by atoms with E-state index in [4.69, 9.17) is 0 Å². The Balaban J connectivity index is 0.00000225. The molecule has 2 aromatic rings. The number of piperidine rings is 2. The molecule has 0 bridgehead atoms. The van der Waals surface area contributed by atoms with E-state index < -0.39 is 5.41 Å². The number of nitrogens with one attached hydrogen (secondary N) is 2. The Hall–Kier alpha value is -2.17. The van der Waals surface area contributed by atoms with Crippen LogP contribution in [0.15, 0.2) is 60.7 Å². The number of rotatable bonds is 4. The van der Waals surface area contributed by atoms with Crippen molar-refractivity contribution < 1.29 is 26.9 Å². The van der Waals surface area contributed by atoms with E-state index in [0.717, 1.165) is 38.0 Å². The second-order valence-corrected chi connectivity index (χ2v) is 7.90. The van der Waals surface area contributed by atoms with Gasteiger partial charge in [0.1, 0.15) is 6.54 Å². The van der Waals surface area contributed by atoms with Crippen molar-refractivity contribution in [1.29, 1.82) is 0 Å². The lowest BCUT2D eigenvalue weighted by atomic mass is 9.62. The molecule has 2 heterocycles. The van der Waals surface area contributed by atoms with Crippen LogP contribution in [0.5, 0.6) is 0 Å². The van der Waals surface area contributed by atoms with E-state index in [0.29, 0.717) is 12.8 Å². The molecule has 4 rings (SSSR count). The molecule has 2 aromatic carbocycles. The highest BCUT2D eigenvalue weighted by Crippen LogP contribution is 2.43. The third-order valence-corrected chi connectivity index (χ3v) is 6.38. The monoisotopic (exact) mass is 398 g/mol. The number of carbonyl (C=O) groups is 2. The number of likely N-dealkylation sites (tertiary alicyclic amines) is 1. The lowest BCUT2D eigenvalue weighted by Gasteiger charge is -2.44. The predicted molar refractivity (Wildman–Crippen MR) is 104 cm³/mol. The van der Waals surface area contributed by atoms with Crippen LogP contribution in [-0.2, 0) is 21.5 Å². The molecule has 0 radical (unpaired) electrons. The van der Waals surface area contributed by atoms with Gasteiger partial charge in [0.2, 0.25) is 11.8 Å². The molecule has 0 saturated carbocycles. The Morgan fingerprint density at radius 3 is 2.14 bits per heavy atom. The molecule has 0 aromatic heterocycles. The molecule has 28 heavy (non-hydrogen) atoms. The minimum atomic E-state index is -0.562. The number of halogens is 1. The minimum Gasteiger partial charge on any atom is -1.00 e. The van der Waals surface area contributed by atoms with Gasteiger partial charge >= 0.3 is 0 Å². The molecule has 0 spiro atoms. The predicted octanol–water partition coefficient (Wildman–Crippen LogP) is -1.14.